The van der Waals surface area contributed by atoms with Crippen molar-refractivity contribution in [2.75, 3.05) is 26.6 Å². The predicted octanol–water partition coefficient (Wildman–Crippen LogP) is 6.56. The normalized spacial score (nSPS) is 26.8. The summed E-state index contributed by atoms with van der Waals surface area (Å²) in [6.45, 7) is 14.4. The molecule has 6 aliphatic rings. The van der Waals surface area contributed by atoms with E-state index in [9.17, 15) is 9.59 Å². The average molecular weight is 625 g/mol. The number of nitrogens with zero attached hydrogens (tertiary/aromatic N) is 2. The van der Waals surface area contributed by atoms with Crippen LogP contribution in [0, 0.1) is 17.3 Å². The van der Waals surface area contributed by atoms with Gasteiger partial charge in [0, 0.05) is 33.2 Å². The lowest BCUT2D eigenvalue weighted by Gasteiger charge is -2.60. The summed E-state index contributed by atoms with van der Waals surface area (Å²) in [6, 6.07) is 8.12. The quantitative estimate of drug-likeness (QED) is 0.215. The summed E-state index contributed by atoms with van der Waals surface area (Å²) in [6.07, 6.45) is 13.2. The van der Waals surface area contributed by atoms with Crippen molar-refractivity contribution < 1.29 is 18.9 Å². The Balaban J connectivity index is 0.000000352. The van der Waals surface area contributed by atoms with Crippen LogP contribution in [0.1, 0.15) is 116 Å². The second kappa shape index (κ2) is 17.2. The lowest BCUT2D eigenvalue weighted by atomic mass is 9.47. The van der Waals surface area contributed by atoms with Gasteiger partial charge in [-0.3, -0.25) is 4.79 Å². The van der Waals surface area contributed by atoms with E-state index in [1.54, 1.807) is 9.80 Å². The smallest absolute Gasteiger partial charge is 0.405 e. The average Bonchev–Trinajstić information content (AvgIpc) is 3.83. The molecule has 3 aliphatic carbocycles. The van der Waals surface area contributed by atoms with E-state index in [1.165, 1.54) is 49.7 Å². The van der Waals surface area contributed by atoms with Crippen molar-refractivity contribution in [3.63, 3.8) is 0 Å². The second-order valence-corrected chi connectivity index (χ2v) is 14.1. The molecule has 3 amide bonds. The highest BCUT2D eigenvalue weighted by Gasteiger charge is 2.61. The zero-order valence-electron chi connectivity index (χ0n) is 29.1. The third-order valence-corrected chi connectivity index (χ3v) is 10.9. The van der Waals surface area contributed by atoms with E-state index in [1.807, 2.05) is 20.9 Å². The van der Waals surface area contributed by atoms with Crippen molar-refractivity contribution >= 4 is 19.1 Å². The first-order chi connectivity index (χ1) is 21.8. The topological polar surface area (TPSA) is 83.1 Å². The zero-order valence-corrected chi connectivity index (χ0v) is 29.1. The van der Waals surface area contributed by atoms with E-state index in [2.05, 4.69) is 55.7 Å². The van der Waals surface area contributed by atoms with Crippen LogP contribution in [0.25, 0.3) is 0 Å². The molecule has 3 aliphatic heterocycles. The van der Waals surface area contributed by atoms with Crippen LogP contribution in [0.15, 0.2) is 24.3 Å². The Kier molecular flexibility index (Phi) is 13.6. The molecule has 2 N–H and O–H groups in total. The first kappa shape index (κ1) is 35.8. The molecule has 5 fully saturated rings. The molecule has 4 unspecified atom stereocenters. The first-order valence-corrected chi connectivity index (χ1v) is 18.2. The number of fused-ring (bicyclic) bond motifs is 1. The van der Waals surface area contributed by atoms with Gasteiger partial charge in [0.05, 0.1) is 18.7 Å². The number of nitrogens with one attached hydrogen (secondary N) is 2. The third-order valence-electron chi connectivity index (χ3n) is 10.9. The number of hydrogen-bond acceptors (Lipinski definition) is 5. The molecule has 0 spiro atoms. The van der Waals surface area contributed by atoms with Gasteiger partial charge in [-0.1, -0.05) is 97.4 Å². The molecule has 3 saturated carbocycles. The fraction of sp³-hybridized carbons (Fsp3) is 0.778. The highest BCUT2D eigenvalue weighted by molar-refractivity contribution is 6.45. The third kappa shape index (κ3) is 8.84. The minimum Gasteiger partial charge on any atom is -0.405 e. The van der Waals surface area contributed by atoms with Crippen molar-refractivity contribution in [3.05, 3.63) is 35.4 Å². The van der Waals surface area contributed by atoms with Gasteiger partial charge in [0.25, 0.3) is 0 Å². The number of benzene rings is 1. The van der Waals surface area contributed by atoms with Crippen molar-refractivity contribution in [3.8, 4) is 0 Å². The van der Waals surface area contributed by atoms with Crippen LogP contribution in [0.4, 0.5) is 4.79 Å². The Morgan fingerprint density at radius 3 is 2.36 bits per heavy atom. The number of hydrogen-bond donors (Lipinski definition) is 2. The second-order valence-electron chi connectivity index (χ2n) is 14.1. The Morgan fingerprint density at radius 1 is 1.02 bits per heavy atom. The van der Waals surface area contributed by atoms with Gasteiger partial charge in [0.15, 0.2) is 0 Å². The van der Waals surface area contributed by atoms with E-state index < -0.39 is 0 Å². The molecule has 5 atom stereocenters. The van der Waals surface area contributed by atoms with Crippen molar-refractivity contribution in [2.24, 2.45) is 17.3 Å². The van der Waals surface area contributed by atoms with Crippen molar-refractivity contribution in [1.29, 1.82) is 0 Å². The molecular weight excluding hydrogens is 563 g/mol. The molecule has 1 aromatic rings. The van der Waals surface area contributed by atoms with Gasteiger partial charge in [-0.15, -0.1) is 0 Å². The largest absolute Gasteiger partial charge is 0.478 e. The van der Waals surface area contributed by atoms with Gasteiger partial charge in [-0.2, -0.15) is 0 Å². The summed E-state index contributed by atoms with van der Waals surface area (Å²) in [7, 11) is 1.49. The summed E-state index contributed by atoms with van der Waals surface area (Å²) in [5.41, 5.74) is 3.25. The Bertz CT molecular complexity index is 1060. The van der Waals surface area contributed by atoms with Crippen molar-refractivity contribution in [2.45, 2.75) is 137 Å². The van der Waals surface area contributed by atoms with Crippen LogP contribution >= 0.6 is 0 Å². The maximum Gasteiger partial charge on any atom is 0.478 e. The molecule has 45 heavy (non-hydrogen) atoms. The maximum atomic E-state index is 13.0. The van der Waals surface area contributed by atoms with E-state index >= 15 is 0 Å². The zero-order chi connectivity index (χ0) is 32.4. The monoisotopic (exact) mass is 624 g/mol. The minimum absolute atomic E-state index is 0.0231. The minimum atomic E-state index is -0.389. The lowest BCUT2D eigenvalue weighted by Crippen LogP contribution is -2.59. The summed E-state index contributed by atoms with van der Waals surface area (Å²) >= 11 is 0. The molecule has 2 bridgehead atoms. The number of carbonyl (C=O) groups excluding carboxylic acids is 2. The van der Waals surface area contributed by atoms with E-state index in [0.29, 0.717) is 24.3 Å². The highest BCUT2D eigenvalue weighted by atomic mass is 16.7. The van der Waals surface area contributed by atoms with E-state index in [-0.39, 0.29) is 37.3 Å². The van der Waals surface area contributed by atoms with Gasteiger partial charge >= 0.3 is 13.1 Å². The van der Waals surface area contributed by atoms with E-state index in [0.717, 1.165) is 57.7 Å². The van der Waals surface area contributed by atoms with Gasteiger partial charge in [0.2, 0.25) is 5.91 Å². The maximum absolute atomic E-state index is 13.0. The molecular formula is C36H61BN4O4. The van der Waals surface area contributed by atoms with Crippen LogP contribution in [0.5, 0.6) is 0 Å². The molecule has 0 radical (unpaired) electrons. The summed E-state index contributed by atoms with van der Waals surface area (Å²) < 4.78 is 12.4. The van der Waals surface area contributed by atoms with Gasteiger partial charge in [0.1, 0.15) is 6.04 Å². The molecule has 252 valence electrons. The van der Waals surface area contributed by atoms with Crippen LogP contribution in [0.2, 0.25) is 0 Å². The summed E-state index contributed by atoms with van der Waals surface area (Å²) in [5, 5.41) is 6.31. The molecule has 2 saturated heterocycles. The molecule has 0 aromatic heterocycles. The van der Waals surface area contributed by atoms with Gasteiger partial charge in [-0.05, 0) is 60.5 Å². The number of unbranched alkanes of at least 4 members (excludes halogenated alkanes) is 6. The molecule has 9 heteroatoms. The van der Waals surface area contributed by atoms with Crippen LogP contribution in [-0.4, -0.2) is 73.7 Å². The molecule has 3 heterocycles. The van der Waals surface area contributed by atoms with E-state index in [4.69, 9.17) is 9.31 Å². The van der Waals surface area contributed by atoms with Crippen LogP contribution in [-0.2, 0) is 27.2 Å². The number of rotatable bonds is 11. The fourth-order valence-electron chi connectivity index (χ4n) is 7.93. The molecule has 1 aromatic carbocycles. The standard InChI is InChI=1S/C26H46BN3O4.C8H9N.C2H6/c1-5-6-7-8-9-10-11-14-29(4)25(32)30-15-12-13-21(30)24(31)28-18-27-33-22-17-19-16-20(23(22)34-27)26(19,2)3;1-2-4-8-6-9-5-7(8)3-1;1-2/h19-23H,5-18H2,1-4H3,(H,28,31);1-4,9H,5-6H2;1-2H3/t19?,20?,21-,22?,23?;;/m0../s1. The van der Waals surface area contributed by atoms with Crippen molar-refractivity contribution in [1.82, 2.24) is 20.4 Å². The lowest BCUT2D eigenvalue weighted by molar-refractivity contribution is -0.150. The number of urea groups is 1. The highest BCUT2D eigenvalue weighted by Crippen LogP contribution is 2.61. The number of carbonyl (C=O) groups is 2. The number of likely N-dealkylation sites (tertiary alicyclic amines) is 1. The number of amides is 3. The SMILES string of the molecule is CC.CCCCCCCCCN(C)C(=O)N1CCC[C@H]1C(=O)NCB1OC2CC3CC(C2O1)C3(C)C.c1ccc2c(c1)CNC2. The Hall–Kier alpha value is -2.10. The Morgan fingerprint density at radius 2 is 1.69 bits per heavy atom. The summed E-state index contributed by atoms with van der Waals surface area (Å²) in [4.78, 5) is 29.5. The van der Waals surface area contributed by atoms with Crippen LogP contribution in [0.3, 0.4) is 0 Å². The predicted molar refractivity (Wildman–Crippen MR) is 183 cm³/mol. The summed E-state index contributed by atoms with van der Waals surface area (Å²) in [5.74, 6) is 1.21. The first-order valence-electron chi connectivity index (χ1n) is 18.2. The molecule has 7 rings (SSSR count). The van der Waals surface area contributed by atoms with Gasteiger partial charge < -0.3 is 29.7 Å². The molecule has 8 nitrogen and oxygen atoms in total. The fourth-order valence-corrected chi connectivity index (χ4v) is 7.93. The Labute approximate surface area is 273 Å². The van der Waals surface area contributed by atoms with Crippen LogP contribution < -0.4 is 10.6 Å². The van der Waals surface area contributed by atoms with Gasteiger partial charge in [-0.25, -0.2) is 4.79 Å².